The molecular formula is C27H40N4O4S2. The summed E-state index contributed by atoms with van der Waals surface area (Å²) in [5.41, 5.74) is 4.95. The van der Waals surface area contributed by atoms with Crippen LogP contribution in [0.1, 0.15) is 58.7 Å². The fraction of sp³-hybridized carbons (Fsp3) is 0.556. The van der Waals surface area contributed by atoms with Crippen LogP contribution in [0.5, 0.6) is 0 Å². The summed E-state index contributed by atoms with van der Waals surface area (Å²) >= 11 is 3.26. The summed E-state index contributed by atoms with van der Waals surface area (Å²) < 4.78 is -0.515. The molecule has 204 valence electrons. The molecule has 3 N–H and O–H groups in total. The van der Waals surface area contributed by atoms with Crippen molar-refractivity contribution in [1.29, 1.82) is 0 Å². The number of aryl methyl sites for hydroxylation is 1. The number of thioether (sulfide) groups is 1. The maximum atomic E-state index is 13.6. The fourth-order valence-electron chi connectivity index (χ4n) is 4.54. The van der Waals surface area contributed by atoms with E-state index < -0.39 is 16.8 Å². The molecular weight excluding hydrogens is 508 g/mol. The molecule has 2 atom stereocenters. The number of hydrogen-bond acceptors (Lipinski definition) is 7. The number of nitrogens with one attached hydrogen (secondary N) is 2. The molecule has 8 nitrogen and oxygen atoms in total. The highest BCUT2D eigenvalue weighted by atomic mass is 32.2. The minimum absolute atomic E-state index is 0.158. The van der Waals surface area contributed by atoms with E-state index in [4.69, 9.17) is 5.11 Å². The SMILES string of the molecule is CC(=O)NC(C(=O)N1CCCC1C(=O)NCc1ccc(-c2scnc2C)cc1)C(C)(C)SC(C)C.CO. The van der Waals surface area contributed by atoms with Gasteiger partial charge in [0.05, 0.1) is 16.1 Å². The van der Waals surface area contributed by atoms with Crippen LogP contribution >= 0.6 is 23.1 Å². The lowest BCUT2D eigenvalue weighted by molar-refractivity contribution is -0.141. The number of aromatic nitrogens is 1. The summed E-state index contributed by atoms with van der Waals surface area (Å²) in [7, 11) is 1.00. The van der Waals surface area contributed by atoms with Crippen LogP contribution in [0.25, 0.3) is 10.4 Å². The lowest BCUT2D eigenvalue weighted by Gasteiger charge is -2.38. The molecule has 0 radical (unpaired) electrons. The first kappa shape index (κ1) is 30.8. The number of nitrogens with zero attached hydrogens (tertiary/aromatic N) is 2. The number of aliphatic hydroxyl groups excluding tert-OH is 1. The number of benzene rings is 1. The molecule has 1 aliphatic rings. The van der Waals surface area contributed by atoms with Crippen molar-refractivity contribution in [2.24, 2.45) is 0 Å². The van der Waals surface area contributed by atoms with Crippen molar-refractivity contribution in [2.75, 3.05) is 13.7 Å². The third-order valence-corrected chi connectivity index (χ3v) is 8.39. The first-order valence-corrected chi connectivity index (χ1v) is 14.2. The van der Waals surface area contributed by atoms with Gasteiger partial charge in [0.2, 0.25) is 17.7 Å². The first-order chi connectivity index (χ1) is 17.5. The Morgan fingerprint density at radius 3 is 2.41 bits per heavy atom. The van der Waals surface area contributed by atoms with Crippen LogP contribution in [0.4, 0.5) is 0 Å². The lowest BCUT2D eigenvalue weighted by Crippen LogP contribution is -2.59. The van der Waals surface area contributed by atoms with Gasteiger partial charge >= 0.3 is 0 Å². The monoisotopic (exact) mass is 548 g/mol. The van der Waals surface area contributed by atoms with Gasteiger partial charge in [-0.3, -0.25) is 14.4 Å². The number of thiazole rings is 1. The fourth-order valence-corrected chi connectivity index (χ4v) is 6.86. The van der Waals surface area contributed by atoms with Crippen LogP contribution in [-0.4, -0.2) is 68.4 Å². The number of likely N-dealkylation sites (tertiary alicyclic amines) is 1. The lowest BCUT2D eigenvalue weighted by atomic mass is 10.0. The summed E-state index contributed by atoms with van der Waals surface area (Å²) in [5.74, 6) is -0.604. The minimum Gasteiger partial charge on any atom is -0.400 e. The van der Waals surface area contributed by atoms with Gasteiger partial charge in [-0.1, -0.05) is 38.1 Å². The van der Waals surface area contributed by atoms with Gasteiger partial charge in [-0.2, -0.15) is 11.8 Å². The van der Waals surface area contributed by atoms with Crippen LogP contribution in [0.3, 0.4) is 0 Å². The summed E-state index contributed by atoms with van der Waals surface area (Å²) in [5, 5.41) is 13.2. The molecule has 2 aromatic rings. The zero-order valence-corrected chi connectivity index (χ0v) is 24.5. The first-order valence-electron chi connectivity index (χ1n) is 12.5. The molecule has 2 unspecified atom stereocenters. The number of hydrogen-bond donors (Lipinski definition) is 3. The average molecular weight is 549 g/mol. The zero-order chi connectivity index (χ0) is 27.8. The van der Waals surface area contributed by atoms with Gasteiger partial charge in [-0.15, -0.1) is 11.3 Å². The minimum atomic E-state index is -0.705. The number of rotatable bonds is 9. The Kier molecular flexibility index (Phi) is 11.6. The standard InChI is InChI=1S/C26H36N4O3S2.CH4O/c1-16(2)35-26(5,6)23(29-18(4)31)25(33)30-13-7-8-21(30)24(32)27-14-19-9-11-20(12-10-19)22-17(3)28-15-34-22;1-2/h9-12,15-16,21,23H,7-8,13-14H2,1-6H3,(H,27,32)(H,29,31);2H,1H3. The second kappa shape index (κ2) is 13.9. The van der Waals surface area contributed by atoms with E-state index in [0.29, 0.717) is 19.5 Å². The van der Waals surface area contributed by atoms with Gasteiger partial charge in [0.15, 0.2) is 0 Å². The molecule has 2 heterocycles. The number of carbonyl (C=O) groups is 3. The van der Waals surface area contributed by atoms with Crippen LogP contribution in [-0.2, 0) is 20.9 Å². The molecule has 0 aliphatic carbocycles. The Hall–Kier alpha value is -2.43. The molecule has 3 rings (SSSR count). The molecule has 10 heteroatoms. The number of aliphatic hydroxyl groups is 1. The predicted octanol–water partition coefficient (Wildman–Crippen LogP) is 3.76. The van der Waals surface area contributed by atoms with Crippen LogP contribution in [0.2, 0.25) is 0 Å². The highest BCUT2D eigenvalue weighted by Gasteiger charge is 2.43. The maximum Gasteiger partial charge on any atom is 0.247 e. The largest absolute Gasteiger partial charge is 0.400 e. The molecule has 0 saturated carbocycles. The third-order valence-electron chi connectivity index (χ3n) is 6.10. The maximum absolute atomic E-state index is 13.6. The second-order valence-corrected chi connectivity index (χ2v) is 12.9. The highest BCUT2D eigenvalue weighted by Crippen LogP contribution is 2.34. The van der Waals surface area contributed by atoms with Gasteiger partial charge in [0.1, 0.15) is 12.1 Å². The molecule has 1 saturated heterocycles. The molecule has 0 spiro atoms. The predicted molar refractivity (Wildman–Crippen MR) is 151 cm³/mol. The van der Waals surface area contributed by atoms with Gasteiger partial charge in [-0.25, -0.2) is 4.98 Å². The quantitative estimate of drug-likeness (QED) is 0.440. The van der Waals surface area contributed by atoms with E-state index in [1.807, 2.05) is 50.5 Å². The van der Waals surface area contributed by atoms with E-state index in [2.05, 4.69) is 29.5 Å². The molecule has 1 fully saturated rings. The van der Waals surface area contributed by atoms with Gasteiger partial charge < -0.3 is 20.6 Å². The van der Waals surface area contributed by atoms with E-state index in [0.717, 1.165) is 35.2 Å². The average Bonchev–Trinajstić information content (AvgIpc) is 3.50. The van der Waals surface area contributed by atoms with Crippen molar-refractivity contribution in [2.45, 2.75) is 83.0 Å². The van der Waals surface area contributed by atoms with Crippen molar-refractivity contribution in [3.8, 4) is 10.4 Å². The molecule has 1 aliphatic heterocycles. The molecule has 3 amide bonds. The molecule has 0 bridgehead atoms. The zero-order valence-electron chi connectivity index (χ0n) is 22.8. The summed E-state index contributed by atoms with van der Waals surface area (Å²) in [6.07, 6.45) is 1.38. The van der Waals surface area contributed by atoms with Crippen LogP contribution < -0.4 is 10.6 Å². The van der Waals surface area contributed by atoms with Crippen molar-refractivity contribution in [3.63, 3.8) is 0 Å². The molecule has 37 heavy (non-hydrogen) atoms. The van der Waals surface area contributed by atoms with Gasteiger partial charge in [-0.05, 0) is 50.0 Å². The Morgan fingerprint density at radius 2 is 1.86 bits per heavy atom. The molecule has 1 aromatic heterocycles. The van der Waals surface area contributed by atoms with Crippen molar-refractivity contribution in [3.05, 3.63) is 41.0 Å². The van der Waals surface area contributed by atoms with E-state index in [1.165, 1.54) is 6.92 Å². The van der Waals surface area contributed by atoms with Crippen LogP contribution in [0.15, 0.2) is 29.8 Å². The number of carbonyl (C=O) groups excluding carboxylic acids is 3. The topological polar surface area (TPSA) is 112 Å². The van der Waals surface area contributed by atoms with E-state index in [-0.39, 0.29) is 23.0 Å². The Morgan fingerprint density at radius 1 is 1.22 bits per heavy atom. The normalized spacial score (nSPS) is 16.1. The Balaban J connectivity index is 0.00000235. The van der Waals surface area contributed by atoms with Crippen molar-refractivity contribution >= 4 is 40.8 Å². The van der Waals surface area contributed by atoms with Gasteiger partial charge in [0.25, 0.3) is 0 Å². The highest BCUT2D eigenvalue weighted by molar-refractivity contribution is 8.01. The summed E-state index contributed by atoms with van der Waals surface area (Å²) in [6.45, 7) is 12.4. The van der Waals surface area contributed by atoms with Crippen molar-refractivity contribution < 1.29 is 19.5 Å². The Labute approximate surface area is 228 Å². The third kappa shape index (κ3) is 8.28. The summed E-state index contributed by atoms with van der Waals surface area (Å²) in [4.78, 5) is 45.7. The Bertz CT molecular complexity index is 1050. The molecule has 1 aromatic carbocycles. The van der Waals surface area contributed by atoms with Crippen molar-refractivity contribution in [1.82, 2.24) is 20.5 Å². The van der Waals surface area contributed by atoms with Gasteiger partial charge in [0, 0.05) is 31.9 Å². The van der Waals surface area contributed by atoms with E-state index >= 15 is 0 Å². The van der Waals surface area contributed by atoms with Crippen LogP contribution in [0, 0.1) is 6.92 Å². The number of amides is 3. The smallest absolute Gasteiger partial charge is 0.247 e. The summed E-state index contributed by atoms with van der Waals surface area (Å²) in [6, 6.07) is 6.86. The van der Waals surface area contributed by atoms with E-state index in [1.54, 1.807) is 28.0 Å². The second-order valence-electron chi connectivity index (χ2n) is 9.77. The van der Waals surface area contributed by atoms with E-state index in [9.17, 15) is 14.4 Å².